The highest BCUT2D eigenvalue weighted by Crippen LogP contribution is 2.31. The van der Waals surface area contributed by atoms with Crippen LogP contribution in [0.25, 0.3) is 5.57 Å². The molecule has 2 aromatic carbocycles. The third-order valence-electron chi connectivity index (χ3n) is 7.05. The molecule has 1 aliphatic heterocycles. The predicted octanol–water partition coefficient (Wildman–Crippen LogP) is 4.75. The Labute approximate surface area is 201 Å². The molecule has 2 aromatic rings. The smallest absolute Gasteiger partial charge is 0.253 e. The van der Waals surface area contributed by atoms with E-state index in [0.717, 1.165) is 48.1 Å². The summed E-state index contributed by atoms with van der Waals surface area (Å²) in [6.45, 7) is 3.34. The molecule has 0 unspecified atom stereocenters. The van der Waals surface area contributed by atoms with Gasteiger partial charge in [-0.15, -0.1) is 0 Å². The summed E-state index contributed by atoms with van der Waals surface area (Å²) in [6.07, 6.45) is 8.66. The van der Waals surface area contributed by atoms with E-state index in [1.807, 2.05) is 42.2 Å². The van der Waals surface area contributed by atoms with Gasteiger partial charge in [-0.05, 0) is 48.6 Å². The van der Waals surface area contributed by atoms with Gasteiger partial charge in [0.15, 0.2) is 0 Å². The third kappa shape index (κ3) is 5.22. The van der Waals surface area contributed by atoms with Crippen molar-refractivity contribution in [1.82, 2.24) is 4.90 Å². The normalized spacial score (nSPS) is 17.6. The minimum Gasteiger partial charge on any atom is -0.404 e. The molecule has 0 atom stereocenters. The number of anilines is 1. The van der Waals surface area contributed by atoms with E-state index in [9.17, 15) is 9.59 Å². The first-order chi connectivity index (χ1) is 16.5. The first kappa shape index (κ1) is 23.7. The van der Waals surface area contributed by atoms with Crippen LogP contribution in [0.5, 0.6) is 0 Å². The van der Waals surface area contributed by atoms with Crippen LogP contribution in [0, 0.1) is 12.8 Å². The Hall–Kier alpha value is -3.41. The number of nitrogens with two attached hydrogens (primary N) is 1. The second-order valence-electron chi connectivity index (χ2n) is 9.39. The first-order valence-corrected chi connectivity index (χ1v) is 12.2. The summed E-state index contributed by atoms with van der Waals surface area (Å²) in [6, 6.07) is 13.9. The number of carbonyl (C=O) groups is 2. The molecule has 0 radical (unpaired) electrons. The van der Waals surface area contributed by atoms with Gasteiger partial charge in [0.2, 0.25) is 5.91 Å². The predicted molar refractivity (Wildman–Crippen MR) is 138 cm³/mol. The van der Waals surface area contributed by atoms with Crippen LogP contribution < -0.4 is 11.1 Å². The SMILES string of the molecule is CN=CC(=CN)c1ccc(C2CN(C(=O)c3ccc(C)c(NC(=O)C4CCCCC4)c3)C2)cc1. The molecule has 3 N–H and O–H groups in total. The zero-order valence-electron chi connectivity index (χ0n) is 20.1. The van der Waals surface area contributed by atoms with Crippen LogP contribution in [0.1, 0.15) is 65.1 Å². The maximum absolute atomic E-state index is 13.1. The molecule has 1 saturated heterocycles. The van der Waals surface area contributed by atoms with Crippen molar-refractivity contribution in [3.05, 3.63) is 70.9 Å². The Morgan fingerprint density at radius 1 is 1.03 bits per heavy atom. The van der Waals surface area contributed by atoms with Gasteiger partial charge in [0.05, 0.1) is 0 Å². The van der Waals surface area contributed by atoms with Gasteiger partial charge in [-0.3, -0.25) is 14.6 Å². The maximum atomic E-state index is 13.1. The summed E-state index contributed by atoms with van der Waals surface area (Å²) in [5, 5.41) is 3.08. The zero-order valence-corrected chi connectivity index (χ0v) is 20.1. The Morgan fingerprint density at radius 2 is 1.71 bits per heavy atom. The van der Waals surface area contributed by atoms with Crippen molar-refractivity contribution in [3.8, 4) is 0 Å². The number of nitrogens with zero attached hydrogens (tertiary/aromatic N) is 2. The number of aliphatic imine (C=N–C) groups is 1. The number of rotatable bonds is 6. The number of allylic oxidation sites excluding steroid dienone is 1. The summed E-state index contributed by atoms with van der Waals surface area (Å²) in [5.41, 5.74) is 11.1. The molecule has 2 amide bonds. The molecule has 0 spiro atoms. The van der Waals surface area contributed by atoms with Crippen molar-refractivity contribution in [1.29, 1.82) is 0 Å². The van der Waals surface area contributed by atoms with Gasteiger partial charge in [-0.1, -0.05) is 49.6 Å². The number of hydrogen-bond acceptors (Lipinski definition) is 4. The molecule has 6 nitrogen and oxygen atoms in total. The van der Waals surface area contributed by atoms with Crippen LogP contribution in [0.2, 0.25) is 0 Å². The average Bonchev–Trinajstić information content (AvgIpc) is 2.84. The Morgan fingerprint density at radius 3 is 2.35 bits per heavy atom. The lowest BCUT2D eigenvalue weighted by Crippen LogP contribution is -2.48. The first-order valence-electron chi connectivity index (χ1n) is 12.2. The van der Waals surface area contributed by atoms with Gasteiger partial charge >= 0.3 is 0 Å². The molecule has 34 heavy (non-hydrogen) atoms. The molecule has 2 aliphatic rings. The quantitative estimate of drug-likeness (QED) is 0.612. The number of aryl methyl sites for hydroxylation is 1. The fourth-order valence-electron chi connectivity index (χ4n) is 4.83. The van der Waals surface area contributed by atoms with Crippen LogP contribution >= 0.6 is 0 Å². The molecule has 178 valence electrons. The molecule has 0 aromatic heterocycles. The van der Waals surface area contributed by atoms with Crippen molar-refractivity contribution in [3.63, 3.8) is 0 Å². The number of carbonyl (C=O) groups excluding carboxylic acids is 2. The lowest BCUT2D eigenvalue weighted by atomic mass is 9.88. The van der Waals surface area contributed by atoms with Crippen LogP contribution in [0.4, 0.5) is 5.69 Å². The van der Waals surface area contributed by atoms with E-state index in [2.05, 4.69) is 22.4 Å². The van der Waals surface area contributed by atoms with E-state index in [1.54, 1.807) is 19.5 Å². The van der Waals surface area contributed by atoms with Crippen LogP contribution in [-0.4, -0.2) is 43.1 Å². The summed E-state index contributed by atoms with van der Waals surface area (Å²) in [4.78, 5) is 31.7. The van der Waals surface area contributed by atoms with E-state index >= 15 is 0 Å². The Kier molecular flexibility index (Phi) is 7.46. The second kappa shape index (κ2) is 10.7. The van der Waals surface area contributed by atoms with Gasteiger partial charge in [-0.25, -0.2) is 0 Å². The molecular weight excluding hydrogens is 424 g/mol. The highest BCUT2D eigenvalue weighted by atomic mass is 16.2. The summed E-state index contributed by atoms with van der Waals surface area (Å²) in [7, 11) is 1.72. The summed E-state index contributed by atoms with van der Waals surface area (Å²) < 4.78 is 0. The molecule has 2 fully saturated rings. The third-order valence-corrected chi connectivity index (χ3v) is 7.05. The fraction of sp³-hybridized carbons (Fsp3) is 0.393. The minimum absolute atomic E-state index is 0.00791. The molecule has 1 aliphatic carbocycles. The Balaban J connectivity index is 1.37. The average molecular weight is 459 g/mol. The van der Waals surface area contributed by atoms with E-state index in [0.29, 0.717) is 24.6 Å². The van der Waals surface area contributed by atoms with Crippen molar-refractivity contribution in [2.75, 3.05) is 25.5 Å². The van der Waals surface area contributed by atoms with E-state index in [4.69, 9.17) is 5.73 Å². The highest BCUT2D eigenvalue weighted by molar-refractivity contribution is 6.09. The van der Waals surface area contributed by atoms with Gasteiger partial charge in [0.1, 0.15) is 0 Å². The monoisotopic (exact) mass is 458 g/mol. The van der Waals surface area contributed by atoms with Gasteiger partial charge in [-0.2, -0.15) is 0 Å². The van der Waals surface area contributed by atoms with Gasteiger partial charge < -0.3 is 16.0 Å². The molecule has 1 saturated carbocycles. The molecule has 4 rings (SSSR count). The molecule has 1 heterocycles. The van der Waals surface area contributed by atoms with Gasteiger partial charge in [0.25, 0.3) is 5.91 Å². The molecule has 0 bridgehead atoms. The van der Waals surface area contributed by atoms with Crippen molar-refractivity contribution in [2.24, 2.45) is 16.6 Å². The van der Waals surface area contributed by atoms with Crippen LogP contribution in [0.15, 0.2) is 53.7 Å². The van der Waals surface area contributed by atoms with Crippen LogP contribution in [-0.2, 0) is 4.79 Å². The lowest BCUT2D eigenvalue weighted by Gasteiger charge is -2.39. The zero-order chi connectivity index (χ0) is 24.1. The minimum atomic E-state index is 0.00791. The van der Waals surface area contributed by atoms with E-state index in [-0.39, 0.29) is 17.7 Å². The van der Waals surface area contributed by atoms with Crippen molar-refractivity contribution < 1.29 is 9.59 Å². The van der Waals surface area contributed by atoms with E-state index in [1.165, 1.54) is 12.0 Å². The molecular formula is C28H34N4O2. The standard InChI is InChI=1S/C28H34N4O2/c1-19-8-9-23(14-26(19)31-27(33)22-6-4-3-5-7-22)28(34)32-17-25(18-32)21-12-10-20(11-13-21)24(15-29)16-30-2/h8-16,22,25H,3-7,17-18,29H2,1-2H3,(H,31,33). The molecule has 6 heteroatoms. The van der Waals surface area contributed by atoms with Crippen molar-refractivity contribution >= 4 is 29.3 Å². The lowest BCUT2D eigenvalue weighted by molar-refractivity contribution is -0.120. The Bertz CT molecular complexity index is 1090. The van der Waals surface area contributed by atoms with E-state index < -0.39 is 0 Å². The fourth-order valence-corrected chi connectivity index (χ4v) is 4.83. The number of hydrogen-bond donors (Lipinski definition) is 2. The van der Waals surface area contributed by atoms with Crippen LogP contribution in [0.3, 0.4) is 0 Å². The number of amides is 2. The maximum Gasteiger partial charge on any atom is 0.253 e. The second-order valence-corrected chi connectivity index (χ2v) is 9.39. The largest absolute Gasteiger partial charge is 0.404 e. The van der Waals surface area contributed by atoms with Crippen molar-refractivity contribution in [2.45, 2.75) is 44.9 Å². The van der Waals surface area contributed by atoms with Gasteiger partial charge in [0, 0.05) is 61.2 Å². The summed E-state index contributed by atoms with van der Waals surface area (Å²) >= 11 is 0. The summed E-state index contributed by atoms with van der Waals surface area (Å²) in [5.74, 6) is 0.492. The number of likely N-dealkylation sites (tertiary alicyclic amines) is 1. The topological polar surface area (TPSA) is 87.8 Å². The number of benzene rings is 2. The highest BCUT2D eigenvalue weighted by Gasteiger charge is 2.32. The number of nitrogens with one attached hydrogen (secondary N) is 1.